The molecule has 0 saturated heterocycles. The largest absolute Gasteiger partial charge is 0.469 e. The van der Waals surface area contributed by atoms with Crippen LogP contribution in [0, 0.1) is 6.92 Å². The number of carbonyl (C=O) groups is 1. The molecular formula is C11H15BrN2O4S. The van der Waals surface area contributed by atoms with Gasteiger partial charge >= 0.3 is 5.97 Å². The molecule has 0 aliphatic heterocycles. The van der Waals surface area contributed by atoms with Crippen LogP contribution in [0.4, 0.5) is 11.4 Å². The number of nitrogens with two attached hydrogens (primary N) is 1. The molecule has 0 aliphatic rings. The van der Waals surface area contributed by atoms with Gasteiger partial charge in [0, 0.05) is 10.2 Å². The van der Waals surface area contributed by atoms with E-state index in [1.165, 1.54) is 13.2 Å². The Balaban J connectivity index is 2.84. The van der Waals surface area contributed by atoms with Crippen LogP contribution in [0.3, 0.4) is 0 Å². The summed E-state index contributed by atoms with van der Waals surface area (Å²) in [4.78, 5) is 10.9. The molecule has 8 heteroatoms. The fourth-order valence-electron chi connectivity index (χ4n) is 1.31. The van der Waals surface area contributed by atoms with Crippen molar-refractivity contribution in [2.75, 3.05) is 23.3 Å². The van der Waals surface area contributed by atoms with Gasteiger partial charge in [-0.3, -0.25) is 9.52 Å². The molecule has 0 bridgehead atoms. The van der Waals surface area contributed by atoms with Crippen molar-refractivity contribution in [3.8, 4) is 0 Å². The second-order valence-corrected chi connectivity index (χ2v) is 6.63. The summed E-state index contributed by atoms with van der Waals surface area (Å²) in [5.74, 6) is -0.923. The summed E-state index contributed by atoms with van der Waals surface area (Å²) < 4.78 is 30.9. The molecule has 0 spiro atoms. The van der Waals surface area contributed by atoms with Gasteiger partial charge in [0.15, 0.2) is 0 Å². The number of rotatable bonds is 5. The summed E-state index contributed by atoms with van der Waals surface area (Å²) in [6.45, 7) is 1.82. The summed E-state index contributed by atoms with van der Waals surface area (Å²) in [6, 6.07) is 3.24. The van der Waals surface area contributed by atoms with E-state index in [2.05, 4.69) is 25.4 Å². The molecule has 1 aromatic rings. The standard InChI is InChI=1S/C11H15BrN2O4S/c1-7-5-8(12)10(6-9(7)13)14-19(16,17)4-3-11(15)18-2/h5-6,14H,3-4,13H2,1-2H3. The molecule has 0 amide bonds. The highest BCUT2D eigenvalue weighted by Crippen LogP contribution is 2.28. The summed E-state index contributed by atoms with van der Waals surface area (Å²) >= 11 is 3.25. The Morgan fingerprint density at radius 1 is 1.47 bits per heavy atom. The second-order valence-electron chi connectivity index (χ2n) is 3.94. The van der Waals surface area contributed by atoms with Gasteiger partial charge < -0.3 is 10.5 Å². The van der Waals surface area contributed by atoms with Gasteiger partial charge in [0.2, 0.25) is 10.0 Å². The minimum atomic E-state index is -3.63. The number of esters is 1. The monoisotopic (exact) mass is 350 g/mol. The number of sulfonamides is 1. The lowest BCUT2D eigenvalue weighted by Crippen LogP contribution is -2.19. The van der Waals surface area contributed by atoms with Crippen LogP contribution in [0.1, 0.15) is 12.0 Å². The highest BCUT2D eigenvalue weighted by Gasteiger charge is 2.15. The van der Waals surface area contributed by atoms with Crippen LogP contribution >= 0.6 is 15.9 Å². The molecule has 3 N–H and O–H groups in total. The Morgan fingerprint density at radius 3 is 2.68 bits per heavy atom. The Morgan fingerprint density at radius 2 is 2.11 bits per heavy atom. The Hall–Kier alpha value is -1.28. The predicted molar refractivity (Wildman–Crippen MR) is 77.3 cm³/mol. The van der Waals surface area contributed by atoms with E-state index < -0.39 is 16.0 Å². The van der Waals surface area contributed by atoms with Crippen molar-refractivity contribution in [1.82, 2.24) is 0 Å². The minimum Gasteiger partial charge on any atom is -0.469 e. The van der Waals surface area contributed by atoms with Crippen LogP contribution in [0.25, 0.3) is 0 Å². The molecule has 0 heterocycles. The molecule has 0 aliphatic carbocycles. The van der Waals surface area contributed by atoms with Crippen LogP contribution in [0.5, 0.6) is 0 Å². The number of anilines is 2. The number of methoxy groups -OCH3 is 1. The number of ether oxygens (including phenoxy) is 1. The molecule has 1 rings (SSSR count). The lowest BCUT2D eigenvalue weighted by molar-refractivity contribution is -0.140. The number of nitrogens with one attached hydrogen (secondary N) is 1. The molecule has 0 unspecified atom stereocenters. The summed E-state index contributed by atoms with van der Waals surface area (Å²) in [6.07, 6.45) is -0.204. The number of carbonyl (C=O) groups excluding carboxylic acids is 1. The first-order valence-corrected chi connectivity index (χ1v) is 7.82. The van der Waals surface area contributed by atoms with E-state index in [1.54, 1.807) is 6.07 Å². The Bertz CT molecular complexity index is 587. The SMILES string of the molecule is COC(=O)CCS(=O)(=O)Nc1cc(N)c(C)cc1Br. The van der Waals surface area contributed by atoms with Crippen molar-refractivity contribution in [2.45, 2.75) is 13.3 Å². The minimum absolute atomic E-state index is 0.204. The van der Waals surface area contributed by atoms with Crippen LogP contribution in [0.2, 0.25) is 0 Å². The zero-order chi connectivity index (χ0) is 14.6. The van der Waals surface area contributed by atoms with E-state index in [4.69, 9.17) is 5.73 Å². The van der Waals surface area contributed by atoms with Gasteiger partial charge in [-0.25, -0.2) is 8.42 Å². The zero-order valence-electron chi connectivity index (χ0n) is 10.6. The topological polar surface area (TPSA) is 98.5 Å². The first-order chi connectivity index (χ1) is 8.75. The highest BCUT2D eigenvalue weighted by atomic mass is 79.9. The van der Waals surface area contributed by atoms with Crippen molar-refractivity contribution in [3.05, 3.63) is 22.2 Å². The van der Waals surface area contributed by atoms with E-state index in [9.17, 15) is 13.2 Å². The van der Waals surface area contributed by atoms with Crippen LogP contribution in [0.15, 0.2) is 16.6 Å². The van der Waals surface area contributed by atoms with Crippen molar-refractivity contribution >= 4 is 43.3 Å². The third-order valence-corrected chi connectivity index (χ3v) is 4.35. The number of nitrogen functional groups attached to an aromatic ring is 1. The van der Waals surface area contributed by atoms with Gasteiger partial charge in [0.05, 0.1) is 25.0 Å². The molecule has 6 nitrogen and oxygen atoms in total. The van der Waals surface area contributed by atoms with E-state index in [-0.39, 0.29) is 12.2 Å². The number of aryl methyl sites for hydroxylation is 1. The number of halogens is 1. The van der Waals surface area contributed by atoms with Crippen molar-refractivity contribution in [2.24, 2.45) is 0 Å². The van der Waals surface area contributed by atoms with Crippen LogP contribution in [-0.2, 0) is 19.6 Å². The first kappa shape index (κ1) is 15.8. The summed E-state index contributed by atoms with van der Waals surface area (Å²) in [5.41, 5.74) is 7.38. The molecule has 0 saturated carbocycles. The lowest BCUT2D eigenvalue weighted by atomic mass is 10.2. The first-order valence-electron chi connectivity index (χ1n) is 5.38. The van der Waals surface area contributed by atoms with Crippen LogP contribution < -0.4 is 10.5 Å². The molecule has 0 atom stereocenters. The summed E-state index contributed by atoms with van der Waals surface area (Å²) in [5, 5.41) is 0. The lowest BCUT2D eigenvalue weighted by Gasteiger charge is -2.11. The van der Waals surface area contributed by atoms with E-state index in [0.29, 0.717) is 15.8 Å². The molecule has 19 heavy (non-hydrogen) atoms. The van der Waals surface area contributed by atoms with Crippen molar-refractivity contribution in [3.63, 3.8) is 0 Å². The number of hydrogen-bond acceptors (Lipinski definition) is 5. The summed E-state index contributed by atoms with van der Waals surface area (Å²) in [7, 11) is -2.42. The quantitative estimate of drug-likeness (QED) is 0.621. The molecule has 0 radical (unpaired) electrons. The maximum atomic E-state index is 11.8. The number of hydrogen-bond donors (Lipinski definition) is 2. The Kier molecular flexibility index (Phi) is 5.19. The predicted octanol–water partition coefficient (Wildman–Crippen LogP) is 1.64. The molecular weight excluding hydrogens is 336 g/mol. The number of benzene rings is 1. The van der Waals surface area contributed by atoms with Gasteiger partial charge in [-0.1, -0.05) is 0 Å². The molecule has 1 aromatic carbocycles. The fraction of sp³-hybridized carbons (Fsp3) is 0.364. The van der Waals surface area contributed by atoms with Gasteiger partial charge in [0.25, 0.3) is 0 Å². The second kappa shape index (κ2) is 6.25. The maximum Gasteiger partial charge on any atom is 0.306 e. The van der Waals surface area contributed by atoms with E-state index >= 15 is 0 Å². The third-order valence-electron chi connectivity index (χ3n) is 2.42. The normalized spacial score (nSPS) is 11.1. The average Bonchev–Trinajstić information content (AvgIpc) is 2.33. The smallest absolute Gasteiger partial charge is 0.306 e. The van der Waals surface area contributed by atoms with E-state index in [0.717, 1.165) is 5.56 Å². The van der Waals surface area contributed by atoms with Gasteiger partial charge in [-0.15, -0.1) is 0 Å². The molecule has 0 aromatic heterocycles. The average molecular weight is 351 g/mol. The molecule has 0 fully saturated rings. The fourth-order valence-corrected chi connectivity index (χ4v) is 3.04. The zero-order valence-corrected chi connectivity index (χ0v) is 13.0. The van der Waals surface area contributed by atoms with Gasteiger partial charge in [-0.05, 0) is 40.5 Å². The Labute approximate surface area is 120 Å². The maximum absolute atomic E-state index is 11.8. The van der Waals surface area contributed by atoms with Crippen molar-refractivity contribution < 1.29 is 17.9 Å². The van der Waals surface area contributed by atoms with Crippen molar-refractivity contribution in [1.29, 1.82) is 0 Å². The molecule has 106 valence electrons. The third kappa shape index (κ3) is 4.71. The van der Waals surface area contributed by atoms with Crippen LogP contribution in [-0.4, -0.2) is 27.2 Å². The van der Waals surface area contributed by atoms with Gasteiger partial charge in [-0.2, -0.15) is 0 Å². The highest BCUT2D eigenvalue weighted by molar-refractivity contribution is 9.10. The van der Waals surface area contributed by atoms with Gasteiger partial charge in [0.1, 0.15) is 0 Å². The van der Waals surface area contributed by atoms with E-state index in [1.807, 2.05) is 6.92 Å².